The van der Waals surface area contributed by atoms with Crippen LogP contribution in [0.1, 0.15) is 5.56 Å². The van der Waals surface area contributed by atoms with Crippen molar-refractivity contribution in [3.63, 3.8) is 0 Å². The highest BCUT2D eigenvalue weighted by atomic mass is 127. The van der Waals surface area contributed by atoms with Gasteiger partial charge >= 0.3 is 5.69 Å². The second kappa shape index (κ2) is 5.59. The highest BCUT2D eigenvalue weighted by molar-refractivity contribution is 14.1. The molecule has 23 heavy (non-hydrogen) atoms. The summed E-state index contributed by atoms with van der Waals surface area (Å²) in [6, 6.07) is 2.00. The largest absolute Gasteiger partial charge is 0.359 e. The maximum atomic E-state index is 14.7. The van der Waals surface area contributed by atoms with Crippen molar-refractivity contribution < 1.29 is 4.39 Å². The molecule has 2 aliphatic heterocycles. The third kappa shape index (κ3) is 2.37. The minimum atomic E-state index is -0.297. The van der Waals surface area contributed by atoms with Crippen LogP contribution in [0.3, 0.4) is 0 Å². The lowest BCUT2D eigenvalue weighted by molar-refractivity contribution is 0.277. The second-order valence-electron chi connectivity index (χ2n) is 6.15. The normalized spacial score (nSPS) is 21.4. The molecule has 0 bridgehead atoms. The van der Waals surface area contributed by atoms with Gasteiger partial charge in [0.05, 0.1) is 44.7 Å². The molecule has 0 aliphatic carbocycles. The van der Waals surface area contributed by atoms with Crippen molar-refractivity contribution in [2.75, 3.05) is 37.3 Å². The first kappa shape index (κ1) is 15.6. The Labute approximate surface area is 151 Å². The summed E-state index contributed by atoms with van der Waals surface area (Å²) in [5, 5.41) is 0.777. The molecule has 1 aromatic carbocycles. The fraction of sp³-hybridized carbons (Fsp3) is 0.467. The second-order valence-corrected chi connectivity index (χ2v) is 8.15. The van der Waals surface area contributed by atoms with Crippen LogP contribution in [0.4, 0.5) is 10.2 Å². The van der Waals surface area contributed by atoms with Crippen molar-refractivity contribution in [2.45, 2.75) is 17.9 Å². The highest BCUT2D eigenvalue weighted by Crippen LogP contribution is 2.41. The Kier molecular flexibility index (Phi) is 3.80. The number of fused-ring (bicyclic) bond motifs is 2. The molecule has 1 atom stereocenters. The zero-order valence-corrected chi connectivity index (χ0v) is 15.8. The van der Waals surface area contributed by atoms with Gasteiger partial charge in [-0.1, -0.05) is 0 Å². The molecule has 1 unspecified atom stereocenters. The fourth-order valence-corrected chi connectivity index (χ4v) is 5.13. The zero-order valence-electron chi connectivity index (χ0n) is 12.8. The minimum Gasteiger partial charge on any atom is -0.349 e. The smallest absolute Gasteiger partial charge is 0.349 e. The minimum absolute atomic E-state index is 0.186. The van der Waals surface area contributed by atoms with E-state index in [0.717, 1.165) is 36.3 Å². The third-order valence-corrected chi connectivity index (χ3v) is 6.72. The lowest BCUT2D eigenvalue weighted by atomic mass is 10.1. The first-order valence-corrected chi connectivity index (χ1v) is 9.42. The Morgan fingerprint density at radius 2 is 2.22 bits per heavy atom. The number of hydrogen-bond acceptors (Lipinski definition) is 5. The topological polar surface area (TPSA) is 41.4 Å². The van der Waals surface area contributed by atoms with Crippen LogP contribution < -0.4 is 10.6 Å². The number of rotatable bonds is 0. The summed E-state index contributed by atoms with van der Waals surface area (Å²) >= 11 is 3.49. The molecule has 5 nitrogen and oxygen atoms in total. The molecule has 2 aliphatic rings. The van der Waals surface area contributed by atoms with Crippen LogP contribution in [-0.2, 0) is 0 Å². The van der Waals surface area contributed by atoms with Gasteiger partial charge < -0.3 is 9.80 Å². The zero-order chi connectivity index (χ0) is 16.3. The number of anilines is 1. The number of nitrogens with zero attached hydrogens (tertiary/aromatic N) is 4. The maximum absolute atomic E-state index is 14.7. The molecule has 8 heteroatoms. The quantitative estimate of drug-likeness (QED) is 0.581. The number of likely N-dealkylation sites (N-methyl/N-ethyl adjacent to an activating group) is 1. The van der Waals surface area contributed by atoms with E-state index in [-0.39, 0.29) is 17.5 Å². The number of hydrogen-bond donors (Lipinski definition) is 0. The van der Waals surface area contributed by atoms with Crippen molar-refractivity contribution in [1.29, 1.82) is 0 Å². The van der Waals surface area contributed by atoms with Crippen molar-refractivity contribution in [3.8, 4) is 0 Å². The third-order valence-electron chi connectivity index (χ3n) is 4.56. The van der Waals surface area contributed by atoms with Gasteiger partial charge in [-0.25, -0.2) is 12.0 Å². The predicted molar refractivity (Wildman–Crippen MR) is 99.5 cm³/mol. The van der Waals surface area contributed by atoms with Crippen LogP contribution in [0.2, 0.25) is 0 Å². The molecule has 1 saturated heterocycles. The van der Waals surface area contributed by atoms with E-state index in [1.807, 2.05) is 22.9 Å². The molecule has 122 valence electrons. The number of piperazine rings is 1. The van der Waals surface area contributed by atoms with Crippen molar-refractivity contribution in [2.24, 2.45) is 0 Å². The molecule has 0 saturated carbocycles. The SMILES string of the molecule is Cc1cc2c3c(nc(=O)n2I)N2CCN(C)CC2CSc3c1F. The standard InChI is InChI=1S/C15H16FIN4OS/c1-8-5-10-11-13(12(8)16)23-7-9-6-19(2)3-4-20(9)14(11)18-15(22)21(10)17/h5,9H,3-4,6-7H2,1-2H3. The molecule has 1 fully saturated rings. The van der Waals surface area contributed by atoms with Crippen molar-refractivity contribution >= 4 is 51.3 Å². The van der Waals surface area contributed by atoms with Gasteiger partial charge in [0.25, 0.3) is 0 Å². The van der Waals surface area contributed by atoms with E-state index in [9.17, 15) is 9.18 Å². The van der Waals surface area contributed by atoms with E-state index < -0.39 is 0 Å². The van der Waals surface area contributed by atoms with Gasteiger partial charge in [-0.05, 0) is 25.6 Å². The Morgan fingerprint density at radius 1 is 1.43 bits per heavy atom. The lowest BCUT2D eigenvalue weighted by Crippen LogP contribution is -2.53. The summed E-state index contributed by atoms with van der Waals surface area (Å²) in [5.74, 6) is 1.26. The predicted octanol–water partition coefficient (Wildman–Crippen LogP) is 2.27. The fourth-order valence-electron chi connectivity index (χ4n) is 3.37. The van der Waals surface area contributed by atoms with Crippen LogP contribution >= 0.6 is 34.6 Å². The molecular weight excluding hydrogens is 430 g/mol. The Hall–Kier alpha value is -0.870. The first-order valence-electron chi connectivity index (χ1n) is 7.47. The van der Waals surface area contributed by atoms with Gasteiger partial charge in [-0.3, -0.25) is 0 Å². The number of thioether (sulfide) groups is 1. The van der Waals surface area contributed by atoms with Crippen LogP contribution in [0.5, 0.6) is 0 Å². The first-order chi connectivity index (χ1) is 11.0. The number of aryl methyl sites for hydroxylation is 1. The van der Waals surface area contributed by atoms with Crippen LogP contribution in [0.15, 0.2) is 15.8 Å². The number of aromatic nitrogens is 2. The van der Waals surface area contributed by atoms with E-state index in [2.05, 4.69) is 21.8 Å². The van der Waals surface area contributed by atoms with E-state index in [4.69, 9.17) is 0 Å². The van der Waals surface area contributed by atoms with Crippen molar-refractivity contribution in [3.05, 3.63) is 27.9 Å². The van der Waals surface area contributed by atoms with Crippen LogP contribution in [-0.4, -0.2) is 51.1 Å². The molecule has 2 aromatic rings. The van der Waals surface area contributed by atoms with Gasteiger partial charge in [-0.15, -0.1) is 11.8 Å². The Morgan fingerprint density at radius 3 is 3.00 bits per heavy atom. The average Bonchev–Trinajstić information content (AvgIpc) is 2.67. The molecule has 0 spiro atoms. The summed E-state index contributed by atoms with van der Waals surface area (Å²) in [6.07, 6.45) is 0. The molecule has 0 N–H and O–H groups in total. The molecule has 0 amide bonds. The molecular formula is C15H16FIN4OS. The number of halogens is 2. The average molecular weight is 446 g/mol. The van der Waals surface area contributed by atoms with Crippen LogP contribution in [0, 0.1) is 12.7 Å². The van der Waals surface area contributed by atoms with Crippen LogP contribution in [0.25, 0.3) is 10.9 Å². The van der Waals surface area contributed by atoms with Crippen molar-refractivity contribution in [1.82, 2.24) is 12.7 Å². The number of benzene rings is 1. The van der Waals surface area contributed by atoms with E-state index in [1.54, 1.807) is 24.8 Å². The van der Waals surface area contributed by atoms with Gasteiger partial charge in [0.2, 0.25) is 0 Å². The lowest BCUT2D eigenvalue weighted by Gasteiger charge is -2.39. The van der Waals surface area contributed by atoms with Gasteiger partial charge in [0.15, 0.2) is 0 Å². The summed E-state index contributed by atoms with van der Waals surface area (Å²) < 4.78 is 16.2. The summed E-state index contributed by atoms with van der Waals surface area (Å²) in [6.45, 7) is 4.38. The Bertz CT molecular complexity index is 871. The van der Waals surface area contributed by atoms with Gasteiger partial charge in [0.1, 0.15) is 11.6 Å². The van der Waals surface area contributed by atoms with E-state index in [0.29, 0.717) is 16.3 Å². The summed E-state index contributed by atoms with van der Waals surface area (Å²) in [4.78, 5) is 21.7. The monoisotopic (exact) mass is 446 g/mol. The van der Waals surface area contributed by atoms with Gasteiger partial charge in [0, 0.05) is 25.4 Å². The van der Waals surface area contributed by atoms with E-state index in [1.165, 1.54) is 2.78 Å². The highest BCUT2D eigenvalue weighted by Gasteiger charge is 2.33. The molecule has 1 aromatic heterocycles. The van der Waals surface area contributed by atoms with E-state index >= 15 is 0 Å². The summed E-state index contributed by atoms with van der Waals surface area (Å²) in [7, 11) is 2.09. The molecule has 0 radical (unpaired) electrons. The molecule has 4 rings (SSSR count). The maximum Gasteiger partial charge on any atom is 0.359 e. The van der Waals surface area contributed by atoms with Gasteiger partial charge in [-0.2, -0.15) is 4.98 Å². The molecule has 3 heterocycles. The summed E-state index contributed by atoms with van der Waals surface area (Å²) in [5.41, 5.74) is 1.02. The Balaban J connectivity index is 2.06.